The number of nitriles is 1. The molecule has 16 heavy (non-hydrogen) atoms. The van der Waals surface area contributed by atoms with Crippen LogP contribution in [0.4, 0.5) is 0 Å². The molecule has 0 bridgehead atoms. The van der Waals surface area contributed by atoms with Crippen molar-refractivity contribution in [2.24, 2.45) is 5.41 Å². The lowest BCUT2D eigenvalue weighted by Gasteiger charge is -2.25. The highest BCUT2D eigenvalue weighted by atomic mass is 16.3. The molecule has 0 heterocycles. The van der Waals surface area contributed by atoms with E-state index in [9.17, 15) is 0 Å². The van der Waals surface area contributed by atoms with Crippen molar-refractivity contribution in [1.29, 1.82) is 5.26 Å². The summed E-state index contributed by atoms with van der Waals surface area (Å²) in [6.45, 7) is 10.3. The summed E-state index contributed by atoms with van der Waals surface area (Å²) in [4.78, 5) is 2.28. The number of rotatable bonds is 8. The van der Waals surface area contributed by atoms with E-state index < -0.39 is 0 Å². The lowest BCUT2D eigenvalue weighted by Crippen LogP contribution is -2.34. The third kappa shape index (κ3) is 6.81. The molecule has 0 fully saturated rings. The molecule has 3 heteroatoms. The molecule has 0 aliphatic heterocycles. The van der Waals surface area contributed by atoms with E-state index in [2.05, 4.69) is 24.8 Å². The van der Waals surface area contributed by atoms with E-state index in [0.29, 0.717) is 6.04 Å². The maximum absolute atomic E-state index is 8.92. The fourth-order valence-electron chi connectivity index (χ4n) is 1.69. The van der Waals surface area contributed by atoms with Gasteiger partial charge in [-0.1, -0.05) is 6.42 Å². The molecule has 3 nitrogen and oxygen atoms in total. The molecule has 0 aliphatic carbocycles. The first-order valence-electron chi connectivity index (χ1n) is 6.19. The highest BCUT2D eigenvalue weighted by Crippen LogP contribution is 2.21. The molecular weight excluding hydrogens is 200 g/mol. The highest BCUT2D eigenvalue weighted by Gasteiger charge is 2.16. The number of hydrogen-bond acceptors (Lipinski definition) is 3. The molecule has 0 radical (unpaired) electrons. The first kappa shape index (κ1) is 15.4. The fraction of sp³-hybridized carbons (Fsp3) is 0.923. The molecule has 1 N–H and O–H groups in total. The minimum Gasteiger partial charge on any atom is -0.395 e. The lowest BCUT2D eigenvalue weighted by molar-refractivity contribution is 0.162. The van der Waals surface area contributed by atoms with Crippen molar-refractivity contribution in [2.75, 3.05) is 19.7 Å². The van der Waals surface area contributed by atoms with Crippen LogP contribution in [0.3, 0.4) is 0 Å². The Hall–Kier alpha value is -0.590. The number of nitrogens with zero attached hydrogens (tertiary/aromatic N) is 2. The summed E-state index contributed by atoms with van der Waals surface area (Å²) < 4.78 is 0. The second-order valence-corrected chi connectivity index (χ2v) is 5.31. The first-order chi connectivity index (χ1) is 7.43. The standard InChI is InChI=1S/C13H26N2O/c1-12(2)15(9-10-16)8-6-5-7-13(3,4)11-14/h12,16H,5-10H2,1-4H3. The molecular formula is C13H26N2O. The van der Waals surface area contributed by atoms with E-state index in [1.54, 1.807) is 0 Å². The van der Waals surface area contributed by atoms with Gasteiger partial charge in [-0.2, -0.15) is 5.26 Å². The van der Waals surface area contributed by atoms with Crippen molar-refractivity contribution >= 4 is 0 Å². The number of aliphatic hydroxyl groups excluding tert-OH is 1. The van der Waals surface area contributed by atoms with Gasteiger partial charge in [0, 0.05) is 12.6 Å². The summed E-state index contributed by atoms with van der Waals surface area (Å²) in [5.74, 6) is 0. The second kappa shape index (κ2) is 7.65. The largest absolute Gasteiger partial charge is 0.395 e. The van der Waals surface area contributed by atoms with Crippen LogP contribution in [-0.4, -0.2) is 35.7 Å². The molecule has 0 aromatic heterocycles. The minimum absolute atomic E-state index is 0.195. The Morgan fingerprint density at radius 1 is 1.25 bits per heavy atom. The zero-order valence-electron chi connectivity index (χ0n) is 11.2. The Morgan fingerprint density at radius 2 is 1.88 bits per heavy atom. The number of hydrogen-bond donors (Lipinski definition) is 1. The van der Waals surface area contributed by atoms with Crippen LogP contribution in [0, 0.1) is 16.7 Å². The summed E-state index contributed by atoms with van der Waals surface area (Å²) in [7, 11) is 0. The average molecular weight is 226 g/mol. The van der Waals surface area contributed by atoms with Gasteiger partial charge in [-0.05, 0) is 47.1 Å². The van der Waals surface area contributed by atoms with Crippen LogP contribution >= 0.6 is 0 Å². The Morgan fingerprint density at radius 3 is 2.31 bits per heavy atom. The van der Waals surface area contributed by atoms with Crippen LogP contribution in [0.25, 0.3) is 0 Å². The van der Waals surface area contributed by atoms with Gasteiger partial charge in [0.25, 0.3) is 0 Å². The predicted octanol–water partition coefficient (Wildman–Crippen LogP) is 2.41. The Labute approximate surface area is 100 Å². The maximum Gasteiger partial charge on any atom is 0.0683 e. The van der Waals surface area contributed by atoms with Gasteiger partial charge in [0.15, 0.2) is 0 Å². The molecule has 0 atom stereocenters. The zero-order valence-corrected chi connectivity index (χ0v) is 11.2. The molecule has 0 saturated heterocycles. The normalized spacial score (nSPS) is 12.1. The number of aliphatic hydroxyl groups is 1. The van der Waals surface area contributed by atoms with Gasteiger partial charge in [-0.3, -0.25) is 4.90 Å². The van der Waals surface area contributed by atoms with Gasteiger partial charge in [-0.15, -0.1) is 0 Å². The molecule has 0 spiro atoms. The fourth-order valence-corrected chi connectivity index (χ4v) is 1.69. The van der Waals surface area contributed by atoms with Crippen LogP contribution in [0.15, 0.2) is 0 Å². The van der Waals surface area contributed by atoms with E-state index in [4.69, 9.17) is 10.4 Å². The molecule has 94 valence electrons. The zero-order chi connectivity index (χ0) is 12.6. The topological polar surface area (TPSA) is 47.3 Å². The van der Waals surface area contributed by atoms with Crippen molar-refractivity contribution in [3.63, 3.8) is 0 Å². The van der Waals surface area contributed by atoms with Crippen LogP contribution in [0.2, 0.25) is 0 Å². The summed E-state index contributed by atoms with van der Waals surface area (Å²) in [6.07, 6.45) is 3.13. The predicted molar refractivity (Wildman–Crippen MR) is 67.0 cm³/mol. The van der Waals surface area contributed by atoms with E-state index in [-0.39, 0.29) is 12.0 Å². The molecule has 0 rings (SSSR count). The van der Waals surface area contributed by atoms with Crippen LogP contribution in [0.1, 0.15) is 47.0 Å². The smallest absolute Gasteiger partial charge is 0.0683 e. The maximum atomic E-state index is 8.92. The van der Waals surface area contributed by atoms with Gasteiger partial charge >= 0.3 is 0 Å². The monoisotopic (exact) mass is 226 g/mol. The van der Waals surface area contributed by atoms with E-state index in [0.717, 1.165) is 32.4 Å². The SMILES string of the molecule is CC(C)N(CCO)CCCCC(C)(C)C#N. The summed E-state index contributed by atoms with van der Waals surface area (Å²) in [5, 5.41) is 17.8. The molecule has 0 aliphatic rings. The molecule has 0 amide bonds. The third-order valence-electron chi connectivity index (χ3n) is 2.92. The highest BCUT2D eigenvalue weighted by molar-refractivity contribution is 4.91. The molecule has 0 saturated carbocycles. The van der Waals surface area contributed by atoms with Gasteiger partial charge < -0.3 is 5.11 Å². The van der Waals surface area contributed by atoms with E-state index >= 15 is 0 Å². The van der Waals surface area contributed by atoms with Crippen molar-refractivity contribution in [3.05, 3.63) is 0 Å². The van der Waals surface area contributed by atoms with Gasteiger partial charge in [0.1, 0.15) is 0 Å². The second-order valence-electron chi connectivity index (χ2n) is 5.31. The molecule has 0 aromatic carbocycles. The molecule has 0 unspecified atom stereocenters. The summed E-state index contributed by atoms with van der Waals surface area (Å²) >= 11 is 0. The van der Waals surface area contributed by atoms with Gasteiger partial charge in [0.2, 0.25) is 0 Å². The minimum atomic E-state index is -0.195. The number of unbranched alkanes of at least 4 members (excludes halogenated alkanes) is 1. The van der Waals surface area contributed by atoms with E-state index in [1.165, 1.54) is 0 Å². The molecule has 0 aromatic rings. The third-order valence-corrected chi connectivity index (χ3v) is 2.92. The van der Waals surface area contributed by atoms with Crippen LogP contribution in [-0.2, 0) is 0 Å². The van der Waals surface area contributed by atoms with Gasteiger partial charge in [0.05, 0.1) is 18.1 Å². The van der Waals surface area contributed by atoms with Crippen LogP contribution in [0.5, 0.6) is 0 Å². The van der Waals surface area contributed by atoms with Crippen LogP contribution < -0.4 is 0 Å². The summed E-state index contributed by atoms with van der Waals surface area (Å²) in [6, 6.07) is 2.81. The first-order valence-corrected chi connectivity index (χ1v) is 6.19. The lowest BCUT2D eigenvalue weighted by atomic mass is 9.89. The van der Waals surface area contributed by atoms with Crippen molar-refractivity contribution in [3.8, 4) is 6.07 Å². The Kier molecular flexibility index (Phi) is 7.36. The Bertz CT molecular complexity index is 218. The Balaban J connectivity index is 3.75. The van der Waals surface area contributed by atoms with Crippen molar-refractivity contribution in [2.45, 2.75) is 53.0 Å². The summed E-state index contributed by atoms with van der Waals surface area (Å²) in [5.41, 5.74) is -0.195. The quantitative estimate of drug-likeness (QED) is 0.647. The average Bonchev–Trinajstić information content (AvgIpc) is 2.22. The van der Waals surface area contributed by atoms with Gasteiger partial charge in [-0.25, -0.2) is 0 Å². The van der Waals surface area contributed by atoms with Crippen molar-refractivity contribution in [1.82, 2.24) is 4.90 Å². The van der Waals surface area contributed by atoms with E-state index in [1.807, 2.05) is 13.8 Å². The van der Waals surface area contributed by atoms with Crippen molar-refractivity contribution < 1.29 is 5.11 Å².